The summed E-state index contributed by atoms with van der Waals surface area (Å²) in [6.07, 6.45) is 0. The van der Waals surface area contributed by atoms with Crippen LogP contribution in [0.3, 0.4) is 0 Å². The van der Waals surface area contributed by atoms with Crippen LogP contribution in [0.15, 0.2) is 29.2 Å². The van der Waals surface area contributed by atoms with Crippen molar-refractivity contribution < 1.29 is 4.74 Å². The summed E-state index contributed by atoms with van der Waals surface area (Å²) in [6, 6.07) is 7.81. The van der Waals surface area contributed by atoms with Crippen LogP contribution >= 0.6 is 0 Å². The highest BCUT2D eigenvalue weighted by atomic mass is 32.1. The van der Waals surface area contributed by atoms with Crippen molar-refractivity contribution in [3.05, 3.63) is 24.3 Å². The number of hydrogen-bond donors (Lipinski definition) is 0. The highest BCUT2D eigenvalue weighted by Crippen LogP contribution is 2.10. The molecule has 1 nitrogen and oxygen atoms in total. The molecule has 0 saturated carbocycles. The van der Waals surface area contributed by atoms with Gasteiger partial charge in [0.05, 0.1) is 7.11 Å². The second kappa shape index (κ2) is 3.32. The van der Waals surface area contributed by atoms with E-state index in [1.54, 1.807) is 7.11 Å². The Balaban J connectivity index is 2.90. The van der Waals surface area contributed by atoms with E-state index < -0.39 is 0 Å². The molecule has 0 radical (unpaired) electrons. The highest BCUT2D eigenvalue weighted by Gasteiger charge is 1.97. The van der Waals surface area contributed by atoms with Crippen LogP contribution in [-0.4, -0.2) is 13.0 Å². The van der Waals surface area contributed by atoms with E-state index >= 15 is 0 Å². The van der Waals surface area contributed by atoms with Gasteiger partial charge in [-0.3, -0.25) is 0 Å². The van der Waals surface area contributed by atoms with E-state index in [1.807, 2.05) is 24.3 Å². The summed E-state index contributed by atoms with van der Waals surface area (Å²) in [6.45, 7) is 0. The van der Waals surface area contributed by atoms with E-state index in [9.17, 15) is 0 Å². The van der Waals surface area contributed by atoms with Crippen molar-refractivity contribution >= 4 is 17.2 Å². The van der Waals surface area contributed by atoms with E-state index in [-0.39, 0.29) is 0 Å². The lowest BCUT2D eigenvalue weighted by Gasteiger charge is -1.94. The lowest BCUT2D eigenvalue weighted by atomic mass is 10.3. The molecule has 1 rings (SSSR count). The Hall–Kier alpha value is -0.890. The van der Waals surface area contributed by atoms with Gasteiger partial charge in [0, 0.05) is 12.1 Å². The minimum Gasteiger partial charge on any atom is -0.497 e. The number of hydrogen-bond acceptors (Lipinski definition) is 1. The third-order valence-corrected chi connectivity index (χ3v) is 1.83. The molecule has 52 valence electrons. The Kier molecular flexibility index (Phi) is 2.40. The van der Waals surface area contributed by atoms with Gasteiger partial charge in [0.1, 0.15) is 5.75 Å². The normalized spacial score (nSPS) is 8.90. The van der Waals surface area contributed by atoms with E-state index in [0.29, 0.717) is 0 Å². The molecule has 0 unspecified atom stereocenters. The van der Waals surface area contributed by atoms with Gasteiger partial charge in [-0.15, -0.1) is 0 Å². The molecule has 10 heavy (non-hydrogen) atoms. The minimum absolute atomic E-state index is 0.887. The van der Waals surface area contributed by atoms with Crippen molar-refractivity contribution in [2.45, 2.75) is 4.90 Å². The second-order valence-corrected chi connectivity index (χ2v) is 2.58. The van der Waals surface area contributed by atoms with Gasteiger partial charge in [-0.1, -0.05) is 0 Å². The molecule has 1 aromatic rings. The van der Waals surface area contributed by atoms with Gasteiger partial charge in [-0.2, -0.15) is 0 Å². The summed E-state index contributed by atoms with van der Waals surface area (Å²) >= 11 is 1.48. The van der Waals surface area contributed by atoms with Crippen LogP contribution in [-0.2, 0) is 11.4 Å². The van der Waals surface area contributed by atoms with Crippen LogP contribution < -0.4 is 4.74 Å². The Morgan fingerprint density at radius 1 is 1.30 bits per heavy atom. The summed E-state index contributed by atoms with van der Waals surface area (Å²) in [5.41, 5.74) is 0. The summed E-state index contributed by atoms with van der Waals surface area (Å²) < 4.78 is 4.98. The van der Waals surface area contributed by atoms with Gasteiger partial charge in [0.15, 0.2) is 5.87 Å². The van der Waals surface area contributed by atoms with Crippen molar-refractivity contribution in [1.29, 1.82) is 0 Å². The van der Waals surface area contributed by atoms with E-state index in [0.717, 1.165) is 10.6 Å². The smallest absolute Gasteiger partial charge is 0.230 e. The first-order valence-electron chi connectivity index (χ1n) is 2.93. The largest absolute Gasteiger partial charge is 0.497 e. The average molecular weight is 153 g/mol. The SMILES string of the molecule is C=[S+]c1ccc(OC)cc1. The predicted octanol–water partition coefficient (Wildman–Crippen LogP) is 1.57. The quantitative estimate of drug-likeness (QED) is 0.463. The Bertz CT molecular complexity index is 215. The Labute approximate surface area is 64.6 Å². The standard InChI is InChI=1S/C8H9OS/c1-9-7-3-5-8(10-2)6-4-7/h3-6H,2H2,1H3/q+1. The maximum Gasteiger partial charge on any atom is 0.230 e. The molecule has 0 spiro atoms. The third-order valence-electron chi connectivity index (χ3n) is 1.23. The zero-order chi connectivity index (χ0) is 7.40. The molecule has 0 aromatic heterocycles. The molecular formula is C8H9OS+. The molecule has 0 aliphatic carbocycles. The molecule has 0 aliphatic heterocycles. The third kappa shape index (κ3) is 1.54. The van der Waals surface area contributed by atoms with Crippen LogP contribution in [0.5, 0.6) is 5.75 Å². The molecule has 2 heteroatoms. The first-order valence-corrected chi connectivity index (χ1v) is 3.91. The van der Waals surface area contributed by atoms with Gasteiger partial charge in [-0.25, -0.2) is 0 Å². The van der Waals surface area contributed by atoms with Crippen LogP contribution in [0.4, 0.5) is 0 Å². The zero-order valence-corrected chi connectivity index (χ0v) is 6.65. The van der Waals surface area contributed by atoms with Crippen molar-refractivity contribution in [3.63, 3.8) is 0 Å². The molecule has 0 fully saturated rings. The van der Waals surface area contributed by atoms with Gasteiger partial charge in [-0.05, 0) is 12.1 Å². The fourth-order valence-corrected chi connectivity index (χ4v) is 1.00. The lowest BCUT2D eigenvalue weighted by Crippen LogP contribution is -1.81. The van der Waals surface area contributed by atoms with Crippen LogP contribution in [0, 0.1) is 0 Å². The molecule has 0 aliphatic rings. The maximum atomic E-state index is 4.98. The lowest BCUT2D eigenvalue weighted by molar-refractivity contribution is 0.414. The summed E-state index contributed by atoms with van der Waals surface area (Å²) in [5, 5.41) is 0. The first kappa shape index (κ1) is 7.22. The summed E-state index contributed by atoms with van der Waals surface area (Å²) in [5.74, 6) is 4.57. The van der Waals surface area contributed by atoms with E-state index in [1.165, 1.54) is 11.4 Å². The van der Waals surface area contributed by atoms with Crippen LogP contribution in [0.25, 0.3) is 0 Å². The van der Waals surface area contributed by atoms with Crippen molar-refractivity contribution in [2.24, 2.45) is 0 Å². The fraction of sp³-hybridized carbons (Fsp3) is 0.125. The van der Waals surface area contributed by atoms with Crippen LogP contribution in [0.2, 0.25) is 0 Å². The number of benzene rings is 1. The second-order valence-electron chi connectivity index (χ2n) is 1.82. The molecule has 1 aromatic carbocycles. The molecule has 0 saturated heterocycles. The Morgan fingerprint density at radius 3 is 2.30 bits per heavy atom. The van der Waals surface area contributed by atoms with Gasteiger partial charge in [0.25, 0.3) is 0 Å². The highest BCUT2D eigenvalue weighted by molar-refractivity contribution is 7.76. The predicted molar refractivity (Wildman–Crippen MR) is 45.7 cm³/mol. The fourth-order valence-electron chi connectivity index (χ4n) is 0.672. The first-order chi connectivity index (χ1) is 4.86. The zero-order valence-electron chi connectivity index (χ0n) is 5.83. The van der Waals surface area contributed by atoms with Crippen molar-refractivity contribution in [1.82, 2.24) is 0 Å². The van der Waals surface area contributed by atoms with Crippen LogP contribution in [0.1, 0.15) is 0 Å². The minimum atomic E-state index is 0.887. The Morgan fingerprint density at radius 2 is 1.90 bits per heavy atom. The molecule has 0 amide bonds. The van der Waals surface area contributed by atoms with Gasteiger partial charge in [0.2, 0.25) is 16.2 Å². The molecule has 0 heterocycles. The molecule has 0 atom stereocenters. The molecular weight excluding hydrogens is 144 g/mol. The van der Waals surface area contributed by atoms with E-state index in [2.05, 4.69) is 5.87 Å². The monoisotopic (exact) mass is 153 g/mol. The molecule has 0 bridgehead atoms. The molecule has 0 N–H and O–H groups in total. The number of methoxy groups -OCH3 is 1. The van der Waals surface area contributed by atoms with Gasteiger partial charge < -0.3 is 4.74 Å². The topological polar surface area (TPSA) is 9.23 Å². The number of ether oxygens (including phenoxy) is 1. The van der Waals surface area contributed by atoms with Crippen molar-refractivity contribution in [3.8, 4) is 5.75 Å². The maximum absolute atomic E-state index is 4.98. The summed E-state index contributed by atoms with van der Waals surface area (Å²) in [7, 11) is 1.66. The summed E-state index contributed by atoms with van der Waals surface area (Å²) in [4.78, 5) is 1.15. The van der Waals surface area contributed by atoms with Crippen molar-refractivity contribution in [2.75, 3.05) is 7.11 Å². The number of rotatable bonds is 2. The van der Waals surface area contributed by atoms with E-state index in [4.69, 9.17) is 4.74 Å². The van der Waals surface area contributed by atoms with Gasteiger partial charge >= 0.3 is 0 Å². The average Bonchev–Trinajstić information content (AvgIpc) is 2.05.